The zero-order chi connectivity index (χ0) is 16.8. The SMILES string of the molecule is CCOC(=O)c1cnn(Cc2csc(C(C)OCC)n2)c1C#N. The second-order valence-corrected chi connectivity index (χ2v) is 5.56. The van der Waals surface area contributed by atoms with Gasteiger partial charge >= 0.3 is 5.97 Å². The van der Waals surface area contributed by atoms with Gasteiger partial charge in [0.25, 0.3) is 0 Å². The molecule has 1 unspecified atom stereocenters. The van der Waals surface area contributed by atoms with Gasteiger partial charge in [-0.1, -0.05) is 0 Å². The Hall–Kier alpha value is -2.24. The molecule has 2 aromatic heterocycles. The van der Waals surface area contributed by atoms with Crippen molar-refractivity contribution in [3.63, 3.8) is 0 Å². The molecule has 0 aliphatic carbocycles. The fourth-order valence-corrected chi connectivity index (χ4v) is 2.85. The zero-order valence-electron chi connectivity index (χ0n) is 13.3. The van der Waals surface area contributed by atoms with Crippen molar-refractivity contribution in [3.05, 3.63) is 33.5 Å². The third-order valence-corrected chi connectivity index (χ3v) is 4.14. The molecule has 0 fully saturated rings. The molecule has 0 aliphatic heterocycles. The highest BCUT2D eigenvalue weighted by atomic mass is 32.1. The van der Waals surface area contributed by atoms with Gasteiger partial charge in [-0.05, 0) is 20.8 Å². The Labute approximate surface area is 138 Å². The summed E-state index contributed by atoms with van der Waals surface area (Å²) in [7, 11) is 0. The predicted octanol–water partition coefficient (Wildman–Crippen LogP) is 2.53. The van der Waals surface area contributed by atoms with Gasteiger partial charge in [0.1, 0.15) is 22.7 Å². The molecule has 0 bridgehead atoms. The van der Waals surface area contributed by atoms with Crippen LogP contribution in [0.25, 0.3) is 0 Å². The van der Waals surface area contributed by atoms with E-state index in [0.717, 1.165) is 10.7 Å². The third kappa shape index (κ3) is 3.94. The van der Waals surface area contributed by atoms with E-state index >= 15 is 0 Å². The van der Waals surface area contributed by atoms with E-state index in [4.69, 9.17) is 9.47 Å². The number of nitrogens with zero attached hydrogens (tertiary/aromatic N) is 4. The van der Waals surface area contributed by atoms with Crippen LogP contribution in [0, 0.1) is 11.3 Å². The summed E-state index contributed by atoms with van der Waals surface area (Å²) in [6.07, 6.45) is 1.29. The Kier molecular flexibility index (Phi) is 5.84. The molecule has 0 aromatic carbocycles. The van der Waals surface area contributed by atoms with Gasteiger partial charge in [-0.3, -0.25) is 0 Å². The minimum Gasteiger partial charge on any atom is -0.462 e. The molecule has 0 saturated carbocycles. The standard InChI is InChI=1S/C15H18N4O3S/c1-4-21-10(3)14-18-11(9-23-14)8-19-13(6-16)12(7-17-19)15(20)22-5-2/h7,9-10H,4-5,8H2,1-3H3. The second kappa shape index (κ2) is 7.85. The smallest absolute Gasteiger partial charge is 0.342 e. The molecule has 0 amide bonds. The Bertz CT molecular complexity index is 717. The average molecular weight is 334 g/mol. The highest BCUT2D eigenvalue weighted by Gasteiger charge is 2.19. The molecule has 2 aromatic rings. The number of rotatable bonds is 7. The summed E-state index contributed by atoms with van der Waals surface area (Å²) in [5, 5.41) is 16.2. The lowest BCUT2D eigenvalue weighted by molar-refractivity contribution is 0.0526. The van der Waals surface area contributed by atoms with Crippen LogP contribution in [-0.4, -0.2) is 33.9 Å². The topological polar surface area (TPSA) is 90.0 Å². The second-order valence-electron chi connectivity index (χ2n) is 4.67. The largest absolute Gasteiger partial charge is 0.462 e. The molecule has 0 saturated heterocycles. The van der Waals surface area contributed by atoms with E-state index in [1.807, 2.05) is 25.3 Å². The average Bonchev–Trinajstić information content (AvgIpc) is 3.15. The fourth-order valence-electron chi connectivity index (χ4n) is 2.04. The Morgan fingerprint density at radius 3 is 2.91 bits per heavy atom. The Morgan fingerprint density at radius 1 is 1.48 bits per heavy atom. The number of ether oxygens (including phenoxy) is 2. The first-order valence-electron chi connectivity index (χ1n) is 7.29. The Balaban J connectivity index is 2.18. The van der Waals surface area contributed by atoms with Gasteiger partial charge < -0.3 is 9.47 Å². The van der Waals surface area contributed by atoms with E-state index in [1.54, 1.807) is 6.92 Å². The van der Waals surface area contributed by atoms with Gasteiger partial charge in [0, 0.05) is 12.0 Å². The van der Waals surface area contributed by atoms with Crippen LogP contribution in [0.3, 0.4) is 0 Å². The molecule has 8 heteroatoms. The summed E-state index contributed by atoms with van der Waals surface area (Å²) in [6.45, 7) is 6.78. The molecule has 0 spiro atoms. The van der Waals surface area contributed by atoms with E-state index < -0.39 is 5.97 Å². The number of thiazole rings is 1. The molecule has 1 atom stereocenters. The first-order valence-corrected chi connectivity index (χ1v) is 8.17. The maximum atomic E-state index is 11.8. The Morgan fingerprint density at radius 2 is 2.26 bits per heavy atom. The number of aromatic nitrogens is 3. The molecule has 0 N–H and O–H groups in total. The van der Waals surface area contributed by atoms with Crippen molar-refractivity contribution in [1.29, 1.82) is 5.26 Å². The van der Waals surface area contributed by atoms with E-state index in [-0.39, 0.29) is 24.0 Å². The number of carbonyl (C=O) groups excluding carboxylic acids is 1. The summed E-state index contributed by atoms with van der Waals surface area (Å²) >= 11 is 1.50. The third-order valence-electron chi connectivity index (χ3n) is 3.09. The minimum absolute atomic E-state index is 0.0677. The van der Waals surface area contributed by atoms with E-state index in [1.165, 1.54) is 22.2 Å². The monoisotopic (exact) mass is 334 g/mol. The van der Waals surface area contributed by atoms with Crippen LogP contribution in [0.5, 0.6) is 0 Å². The first-order chi connectivity index (χ1) is 11.1. The van der Waals surface area contributed by atoms with E-state index in [9.17, 15) is 10.1 Å². The summed E-state index contributed by atoms with van der Waals surface area (Å²) in [6, 6.07) is 2.00. The molecule has 0 radical (unpaired) electrons. The lowest BCUT2D eigenvalue weighted by Gasteiger charge is -2.07. The van der Waals surface area contributed by atoms with Crippen molar-refractivity contribution in [1.82, 2.24) is 14.8 Å². The van der Waals surface area contributed by atoms with Crippen LogP contribution < -0.4 is 0 Å². The lowest BCUT2D eigenvalue weighted by atomic mass is 10.2. The molecule has 2 heterocycles. The van der Waals surface area contributed by atoms with Crippen LogP contribution in [0.2, 0.25) is 0 Å². The molecular formula is C15H18N4O3S. The number of hydrogen-bond acceptors (Lipinski definition) is 7. The maximum Gasteiger partial charge on any atom is 0.342 e. The fraction of sp³-hybridized carbons (Fsp3) is 0.467. The van der Waals surface area contributed by atoms with Gasteiger partial charge in [-0.25, -0.2) is 14.5 Å². The van der Waals surface area contributed by atoms with Crippen LogP contribution in [0.4, 0.5) is 0 Å². The molecule has 7 nitrogen and oxygen atoms in total. The predicted molar refractivity (Wildman–Crippen MR) is 84.2 cm³/mol. The van der Waals surface area contributed by atoms with Crippen molar-refractivity contribution in [2.75, 3.05) is 13.2 Å². The van der Waals surface area contributed by atoms with Crippen molar-refractivity contribution in [2.45, 2.75) is 33.4 Å². The molecule has 0 aliphatic rings. The highest BCUT2D eigenvalue weighted by Crippen LogP contribution is 2.22. The van der Waals surface area contributed by atoms with Crippen LogP contribution in [0.15, 0.2) is 11.6 Å². The summed E-state index contributed by atoms with van der Waals surface area (Å²) in [5.74, 6) is -0.542. The van der Waals surface area contributed by atoms with Crippen molar-refractivity contribution in [3.8, 4) is 6.07 Å². The number of esters is 1. The number of hydrogen-bond donors (Lipinski definition) is 0. The normalized spacial score (nSPS) is 11.9. The molecule has 2 rings (SSSR count). The summed E-state index contributed by atoms with van der Waals surface area (Å²) in [4.78, 5) is 16.3. The molecule has 122 valence electrons. The van der Waals surface area contributed by atoms with Gasteiger partial charge in [0.2, 0.25) is 0 Å². The van der Waals surface area contributed by atoms with Gasteiger partial charge in [0.05, 0.1) is 25.0 Å². The number of carbonyl (C=O) groups is 1. The van der Waals surface area contributed by atoms with Gasteiger partial charge in [-0.2, -0.15) is 10.4 Å². The first kappa shape index (κ1) is 17.1. The van der Waals surface area contributed by atoms with E-state index in [2.05, 4.69) is 10.1 Å². The molecule has 23 heavy (non-hydrogen) atoms. The van der Waals surface area contributed by atoms with Gasteiger partial charge in [-0.15, -0.1) is 11.3 Å². The molecular weight excluding hydrogens is 316 g/mol. The van der Waals surface area contributed by atoms with Crippen molar-refractivity contribution >= 4 is 17.3 Å². The summed E-state index contributed by atoms with van der Waals surface area (Å²) < 4.78 is 11.9. The lowest BCUT2D eigenvalue weighted by Crippen LogP contribution is -2.09. The van der Waals surface area contributed by atoms with Crippen LogP contribution in [-0.2, 0) is 16.0 Å². The van der Waals surface area contributed by atoms with Gasteiger partial charge in [0.15, 0.2) is 5.69 Å². The quantitative estimate of drug-likeness (QED) is 0.723. The maximum absolute atomic E-state index is 11.8. The van der Waals surface area contributed by atoms with Crippen LogP contribution in [0.1, 0.15) is 53.6 Å². The zero-order valence-corrected chi connectivity index (χ0v) is 14.1. The van der Waals surface area contributed by atoms with Crippen LogP contribution >= 0.6 is 11.3 Å². The van der Waals surface area contributed by atoms with E-state index in [0.29, 0.717) is 13.2 Å². The highest BCUT2D eigenvalue weighted by molar-refractivity contribution is 7.09. The minimum atomic E-state index is -0.542. The van der Waals surface area contributed by atoms with Crippen molar-refractivity contribution < 1.29 is 14.3 Å². The number of nitriles is 1. The summed E-state index contributed by atoms with van der Waals surface area (Å²) in [5.41, 5.74) is 1.12. The van der Waals surface area contributed by atoms with Crippen molar-refractivity contribution in [2.24, 2.45) is 0 Å².